The van der Waals surface area contributed by atoms with Crippen LogP contribution in [-0.2, 0) is 9.53 Å². The molecule has 1 fully saturated rings. The topological polar surface area (TPSA) is 94.2 Å². The van der Waals surface area contributed by atoms with Crippen LogP contribution in [0, 0.1) is 5.82 Å². The molecule has 9 nitrogen and oxygen atoms in total. The van der Waals surface area contributed by atoms with Crippen LogP contribution in [-0.4, -0.2) is 85.7 Å². The van der Waals surface area contributed by atoms with Crippen LogP contribution >= 0.6 is 0 Å². The molecular weight excluding hydrogens is 429 g/mol. The summed E-state index contributed by atoms with van der Waals surface area (Å²) in [4.78, 5) is 43.2. The van der Waals surface area contributed by atoms with Crippen LogP contribution in [0.4, 0.5) is 14.0 Å². The van der Waals surface area contributed by atoms with E-state index in [1.807, 2.05) is 6.92 Å². The number of hydrogen-bond acceptors (Lipinski definition) is 5. The molecule has 2 heterocycles. The van der Waals surface area contributed by atoms with Gasteiger partial charge in [-0.15, -0.1) is 0 Å². The molecule has 4 amide bonds. The molecule has 2 aliphatic rings. The fraction of sp³-hybridized carbons (Fsp3) is 0.522. The van der Waals surface area contributed by atoms with Crippen molar-refractivity contribution in [3.8, 4) is 0 Å². The Morgan fingerprint density at radius 1 is 1.21 bits per heavy atom. The maximum absolute atomic E-state index is 13.9. The summed E-state index contributed by atoms with van der Waals surface area (Å²) in [6, 6.07) is 4.54. The third-order valence-electron chi connectivity index (χ3n) is 5.81. The van der Waals surface area contributed by atoms with Crippen LogP contribution in [0.15, 0.2) is 35.5 Å². The van der Waals surface area contributed by atoms with Crippen LogP contribution in [0.5, 0.6) is 0 Å². The number of hydrogen-bond donors (Lipinski definition) is 2. The number of halogens is 1. The summed E-state index contributed by atoms with van der Waals surface area (Å²) < 4.78 is 19.2. The molecule has 0 aliphatic carbocycles. The first-order valence-corrected chi connectivity index (χ1v) is 11.3. The molecule has 0 bridgehead atoms. The highest BCUT2D eigenvalue weighted by molar-refractivity contribution is 5.95. The molecule has 3 rings (SSSR count). The second kappa shape index (κ2) is 11.1. The number of esters is 1. The number of urea groups is 2. The van der Waals surface area contributed by atoms with Crippen molar-refractivity contribution < 1.29 is 23.5 Å². The Balaban J connectivity index is 1.85. The lowest BCUT2D eigenvalue weighted by molar-refractivity contribution is -0.139. The Kier molecular flexibility index (Phi) is 8.26. The third kappa shape index (κ3) is 5.81. The Hall–Kier alpha value is -3.14. The molecule has 0 radical (unpaired) electrons. The molecule has 10 heteroatoms. The van der Waals surface area contributed by atoms with E-state index in [0.717, 1.165) is 6.42 Å². The van der Waals surface area contributed by atoms with E-state index >= 15 is 0 Å². The van der Waals surface area contributed by atoms with Gasteiger partial charge in [0.05, 0.1) is 18.2 Å². The first-order valence-electron chi connectivity index (χ1n) is 11.3. The van der Waals surface area contributed by atoms with Gasteiger partial charge in [-0.25, -0.2) is 18.8 Å². The van der Waals surface area contributed by atoms with E-state index in [9.17, 15) is 18.8 Å². The first-order chi connectivity index (χ1) is 15.8. The van der Waals surface area contributed by atoms with Gasteiger partial charge < -0.3 is 20.3 Å². The lowest BCUT2D eigenvalue weighted by atomic mass is 9.94. The number of carbonyl (C=O) groups excluding carboxylic acids is 3. The minimum Gasteiger partial charge on any atom is -0.463 e. The summed E-state index contributed by atoms with van der Waals surface area (Å²) in [6.45, 7) is 7.13. The van der Waals surface area contributed by atoms with Gasteiger partial charge in [-0.2, -0.15) is 0 Å². The second-order valence-corrected chi connectivity index (χ2v) is 8.07. The monoisotopic (exact) mass is 461 g/mol. The number of benzene rings is 1. The number of likely N-dealkylation sites (N-methyl/N-ethyl adjacent to an activating group) is 1. The molecule has 1 unspecified atom stereocenters. The van der Waals surface area contributed by atoms with Gasteiger partial charge in [0.2, 0.25) is 0 Å². The molecule has 0 aromatic heterocycles. The number of ether oxygens (including phenoxy) is 1. The molecule has 33 heavy (non-hydrogen) atoms. The molecule has 1 saturated heterocycles. The van der Waals surface area contributed by atoms with E-state index in [1.54, 1.807) is 31.0 Å². The van der Waals surface area contributed by atoms with E-state index < -0.39 is 17.8 Å². The quantitative estimate of drug-likeness (QED) is 0.607. The third-order valence-corrected chi connectivity index (χ3v) is 5.81. The van der Waals surface area contributed by atoms with E-state index in [4.69, 9.17) is 4.74 Å². The summed E-state index contributed by atoms with van der Waals surface area (Å²) in [6.07, 6.45) is 0.872. The van der Waals surface area contributed by atoms with Crippen molar-refractivity contribution in [3.63, 3.8) is 0 Å². The average molecular weight is 462 g/mol. The minimum absolute atomic E-state index is 0.0803. The van der Waals surface area contributed by atoms with Crippen LogP contribution in [0.2, 0.25) is 0 Å². The number of rotatable bonds is 7. The van der Waals surface area contributed by atoms with Crippen molar-refractivity contribution in [3.05, 3.63) is 46.9 Å². The van der Waals surface area contributed by atoms with Gasteiger partial charge in [-0.05, 0) is 31.0 Å². The minimum atomic E-state index is -0.820. The summed E-state index contributed by atoms with van der Waals surface area (Å²) in [5.41, 5.74) is 1.26. The SMILES string of the molecule is CCCNC(=O)N1CCN(CC2=C(C(=O)OCC)C(c3cccc(F)c3)NC(=O)N2C)CC1. The Morgan fingerprint density at radius 3 is 2.58 bits per heavy atom. The Morgan fingerprint density at radius 2 is 1.94 bits per heavy atom. The summed E-state index contributed by atoms with van der Waals surface area (Å²) in [5.74, 6) is -1.01. The van der Waals surface area contributed by atoms with Crippen LogP contribution in [0.3, 0.4) is 0 Å². The number of nitrogens with zero attached hydrogens (tertiary/aromatic N) is 3. The maximum atomic E-state index is 13.9. The molecule has 180 valence electrons. The van der Waals surface area contributed by atoms with Crippen molar-refractivity contribution in [1.29, 1.82) is 0 Å². The molecule has 2 aliphatic heterocycles. The van der Waals surface area contributed by atoms with Gasteiger partial charge in [0, 0.05) is 52.0 Å². The number of nitrogens with one attached hydrogen (secondary N) is 2. The largest absolute Gasteiger partial charge is 0.463 e. The maximum Gasteiger partial charge on any atom is 0.338 e. The molecule has 1 atom stereocenters. The highest BCUT2D eigenvalue weighted by Crippen LogP contribution is 2.31. The van der Waals surface area contributed by atoms with Crippen molar-refractivity contribution in [2.45, 2.75) is 26.3 Å². The molecule has 0 saturated carbocycles. The molecular formula is C23H32FN5O4. The van der Waals surface area contributed by atoms with Gasteiger partial charge in [0.15, 0.2) is 0 Å². The second-order valence-electron chi connectivity index (χ2n) is 8.07. The lowest BCUT2D eigenvalue weighted by Crippen LogP contribution is -2.54. The smallest absolute Gasteiger partial charge is 0.338 e. The van der Waals surface area contributed by atoms with Crippen molar-refractivity contribution in [2.24, 2.45) is 0 Å². The standard InChI is InChI=1S/C23H32FN5O4/c1-4-9-25-22(31)29-12-10-28(11-13-29)15-18-19(21(30)33-5-2)20(26-23(32)27(18)3)16-7-6-8-17(24)14-16/h6-8,14,20H,4-5,9-13,15H2,1-3H3,(H,25,31)(H,26,32). The van der Waals surface area contributed by atoms with Crippen LogP contribution < -0.4 is 10.6 Å². The van der Waals surface area contributed by atoms with E-state index in [-0.39, 0.29) is 24.2 Å². The summed E-state index contributed by atoms with van der Waals surface area (Å²) in [7, 11) is 1.60. The van der Waals surface area contributed by atoms with E-state index in [0.29, 0.717) is 50.5 Å². The molecule has 0 spiro atoms. The van der Waals surface area contributed by atoms with Gasteiger partial charge >= 0.3 is 18.0 Å². The molecule has 2 N–H and O–H groups in total. The van der Waals surface area contributed by atoms with Gasteiger partial charge in [0.25, 0.3) is 0 Å². The highest BCUT2D eigenvalue weighted by Gasteiger charge is 2.37. The van der Waals surface area contributed by atoms with Crippen molar-refractivity contribution in [1.82, 2.24) is 25.3 Å². The van der Waals surface area contributed by atoms with Crippen molar-refractivity contribution >= 4 is 18.0 Å². The number of amides is 4. The van der Waals surface area contributed by atoms with Gasteiger partial charge in [-0.3, -0.25) is 9.80 Å². The van der Waals surface area contributed by atoms with E-state index in [1.165, 1.54) is 17.0 Å². The normalized spacial score (nSPS) is 19.4. The average Bonchev–Trinajstić information content (AvgIpc) is 2.80. The predicted molar refractivity (Wildman–Crippen MR) is 121 cm³/mol. The molecule has 1 aromatic rings. The van der Waals surface area contributed by atoms with Crippen LogP contribution in [0.1, 0.15) is 31.9 Å². The lowest BCUT2D eigenvalue weighted by Gasteiger charge is -2.39. The molecule has 1 aromatic carbocycles. The van der Waals surface area contributed by atoms with Gasteiger partial charge in [0.1, 0.15) is 5.82 Å². The number of carbonyl (C=O) groups is 3. The zero-order chi connectivity index (χ0) is 24.0. The highest BCUT2D eigenvalue weighted by atomic mass is 19.1. The summed E-state index contributed by atoms with van der Waals surface area (Å²) in [5, 5.41) is 5.67. The van der Waals surface area contributed by atoms with Crippen molar-refractivity contribution in [2.75, 3.05) is 52.9 Å². The Labute approximate surface area is 193 Å². The number of piperazine rings is 1. The fourth-order valence-electron chi connectivity index (χ4n) is 4.00. The van der Waals surface area contributed by atoms with Crippen LogP contribution in [0.25, 0.3) is 0 Å². The zero-order valence-corrected chi connectivity index (χ0v) is 19.4. The predicted octanol–water partition coefficient (Wildman–Crippen LogP) is 2.08. The Bertz CT molecular complexity index is 914. The summed E-state index contributed by atoms with van der Waals surface area (Å²) >= 11 is 0. The zero-order valence-electron chi connectivity index (χ0n) is 19.4. The fourth-order valence-corrected chi connectivity index (χ4v) is 4.00. The van der Waals surface area contributed by atoms with E-state index in [2.05, 4.69) is 15.5 Å². The first kappa shape index (κ1) is 24.5. The van der Waals surface area contributed by atoms with Gasteiger partial charge in [-0.1, -0.05) is 19.1 Å².